The van der Waals surface area contributed by atoms with E-state index in [4.69, 9.17) is 4.74 Å². The van der Waals surface area contributed by atoms with Gasteiger partial charge in [-0.15, -0.1) is 0 Å². The number of likely N-dealkylation sites (N-methyl/N-ethyl adjacent to an activating group) is 1. The van der Waals surface area contributed by atoms with Gasteiger partial charge in [0, 0.05) is 13.1 Å². The summed E-state index contributed by atoms with van der Waals surface area (Å²) in [6, 6.07) is 0. The lowest BCUT2D eigenvalue weighted by atomic mass is 9.81. The number of nitrogens with zero attached hydrogens (tertiary/aromatic N) is 1. The van der Waals surface area contributed by atoms with Crippen molar-refractivity contribution < 1.29 is 28.7 Å². The van der Waals surface area contributed by atoms with E-state index in [0.717, 1.165) is 30.6 Å². The molecule has 2 atom stereocenters. The summed E-state index contributed by atoms with van der Waals surface area (Å²) in [7, 11) is 0. The number of rotatable bonds is 8. The number of imide groups is 1. The summed E-state index contributed by atoms with van der Waals surface area (Å²) in [5, 5.41) is 4.84. The maximum Gasteiger partial charge on any atom is 0.308 e. The largest absolute Gasteiger partial charge is 0.456 e. The molecular weight excluding hydrogens is 342 g/mol. The molecule has 144 valence electrons. The standard InChI is InChI=1S/C17H25N3O6/c1-2-18-13(21)9-19-14(22)10-26-15(23)7-8-20-16(24)11-5-3-4-6-12(11)17(20)25/h11-12H,2-10H2,1H3,(H,18,21)(H,19,22)/t11-,12-/m1/s1. The molecule has 26 heavy (non-hydrogen) atoms. The summed E-state index contributed by atoms with van der Waals surface area (Å²) >= 11 is 0. The number of hydrogen-bond donors (Lipinski definition) is 2. The highest BCUT2D eigenvalue weighted by molar-refractivity contribution is 6.05. The molecular formula is C17H25N3O6. The van der Waals surface area contributed by atoms with Crippen molar-refractivity contribution in [2.75, 3.05) is 26.2 Å². The summed E-state index contributed by atoms with van der Waals surface area (Å²) < 4.78 is 4.81. The molecule has 9 nitrogen and oxygen atoms in total. The molecule has 0 unspecified atom stereocenters. The van der Waals surface area contributed by atoms with Gasteiger partial charge in [0.05, 0.1) is 24.8 Å². The lowest BCUT2D eigenvalue weighted by Crippen LogP contribution is -2.38. The van der Waals surface area contributed by atoms with Crippen LogP contribution in [0, 0.1) is 11.8 Å². The molecule has 2 fully saturated rings. The second kappa shape index (κ2) is 9.30. The minimum absolute atomic E-state index is 0.0238. The molecule has 0 aromatic carbocycles. The number of nitrogens with one attached hydrogen (secondary N) is 2. The van der Waals surface area contributed by atoms with E-state index in [1.165, 1.54) is 0 Å². The fourth-order valence-electron chi connectivity index (χ4n) is 3.36. The van der Waals surface area contributed by atoms with Gasteiger partial charge >= 0.3 is 5.97 Å². The van der Waals surface area contributed by atoms with Crippen LogP contribution in [0.1, 0.15) is 39.0 Å². The van der Waals surface area contributed by atoms with Crippen LogP contribution in [-0.2, 0) is 28.7 Å². The minimum Gasteiger partial charge on any atom is -0.456 e. The van der Waals surface area contributed by atoms with Gasteiger partial charge in [-0.25, -0.2) is 0 Å². The zero-order valence-corrected chi connectivity index (χ0v) is 14.9. The highest BCUT2D eigenvalue weighted by Gasteiger charge is 2.47. The number of ether oxygens (including phenoxy) is 1. The average Bonchev–Trinajstić information content (AvgIpc) is 2.88. The summed E-state index contributed by atoms with van der Waals surface area (Å²) in [4.78, 5) is 60.2. The normalized spacial score (nSPS) is 22.0. The van der Waals surface area contributed by atoms with Crippen molar-refractivity contribution in [3.63, 3.8) is 0 Å². The monoisotopic (exact) mass is 367 g/mol. The van der Waals surface area contributed by atoms with Gasteiger partial charge in [-0.1, -0.05) is 12.8 Å². The van der Waals surface area contributed by atoms with Crippen LogP contribution in [0.25, 0.3) is 0 Å². The van der Waals surface area contributed by atoms with Crippen LogP contribution in [0.5, 0.6) is 0 Å². The summed E-state index contributed by atoms with van der Waals surface area (Å²) in [5.74, 6) is -2.49. The molecule has 0 bridgehead atoms. The van der Waals surface area contributed by atoms with Crippen LogP contribution >= 0.6 is 0 Å². The van der Waals surface area contributed by atoms with Gasteiger partial charge in [0.25, 0.3) is 5.91 Å². The first kappa shape index (κ1) is 19.9. The lowest BCUT2D eigenvalue weighted by molar-refractivity contribution is -0.149. The molecule has 0 radical (unpaired) electrons. The highest BCUT2D eigenvalue weighted by atomic mass is 16.5. The number of likely N-dealkylation sites (tertiary alicyclic amines) is 1. The van der Waals surface area contributed by atoms with E-state index in [0.29, 0.717) is 6.54 Å². The number of fused-ring (bicyclic) bond motifs is 1. The Morgan fingerprint density at radius 2 is 1.65 bits per heavy atom. The Bertz CT molecular complexity index is 567. The topological polar surface area (TPSA) is 122 Å². The molecule has 4 amide bonds. The van der Waals surface area contributed by atoms with Crippen LogP contribution in [-0.4, -0.2) is 60.7 Å². The Balaban J connectivity index is 1.68. The predicted molar refractivity (Wildman–Crippen MR) is 89.4 cm³/mol. The first-order valence-electron chi connectivity index (χ1n) is 8.98. The highest BCUT2D eigenvalue weighted by Crippen LogP contribution is 2.37. The lowest BCUT2D eigenvalue weighted by Gasteiger charge is -2.19. The average molecular weight is 367 g/mol. The van der Waals surface area contributed by atoms with Gasteiger partial charge in [-0.05, 0) is 19.8 Å². The number of carbonyl (C=O) groups is 5. The zero-order valence-electron chi connectivity index (χ0n) is 14.9. The number of esters is 1. The van der Waals surface area contributed by atoms with Crippen molar-refractivity contribution in [1.29, 1.82) is 0 Å². The van der Waals surface area contributed by atoms with Crippen LogP contribution in [0.3, 0.4) is 0 Å². The van der Waals surface area contributed by atoms with Crippen molar-refractivity contribution in [2.24, 2.45) is 11.8 Å². The van der Waals surface area contributed by atoms with E-state index in [1.807, 2.05) is 0 Å². The van der Waals surface area contributed by atoms with Gasteiger partial charge in [0.1, 0.15) is 0 Å². The third-order valence-electron chi connectivity index (χ3n) is 4.66. The van der Waals surface area contributed by atoms with E-state index in [1.54, 1.807) is 6.92 Å². The van der Waals surface area contributed by atoms with Gasteiger partial charge < -0.3 is 15.4 Å². The fourth-order valence-corrected chi connectivity index (χ4v) is 3.36. The molecule has 1 aliphatic carbocycles. The Labute approximate surface area is 151 Å². The summed E-state index contributed by atoms with van der Waals surface area (Å²) in [6.07, 6.45) is 3.19. The van der Waals surface area contributed by atoms with Gasteiger partial charge in [0.2, 0.25) is 17.7 Å². The molecule has 0 aromatic heterocycles. The van der Waals surface area contributed by atoms with Crippen LogP contribution in [0.15, 0.2) is 0 Å². The Kier molecular flexibility index (Phi) is 7.11. The van der Waals surface area contributed by atoms with E-state index in [-0.39, 0.29) is 49.1 Å². The van der Waals surface area contributed by atoms with Crippen LogP contribution in [0.4, 0.5) is 0 Å². The molecule has 9 heteroatoms. The second-order valence-electron chi connectivity index (χ2n) is 6.47. The smallest absolute Gasteiger partial charge is 0.308 e. The molecule has 1 aliphatic heterocycles. The molecule has 2 N–H and O–H groups in total. The van der Waals surface area contributed by atoms with Gasteiger partial charge in [0.15, 0.2) is 6.61 Å². The molecule has 2 aliphatic rings. The first-order valence-corrected chi connectivity index (χ1v) is 8.98. The van der Waals surface area contributed by atoms with E-state index < -0.39 is 18.5 Å². The zero-order chi connectivity index (χ0) is 19.1. The van der Waals surface area contributed by atoms with Gasteiger partial charge in [-0.3, -0.25) is 28.9 Å². The third kappa shape index (κ3) is 5.03. The molecule has 2 rings (SSSR count). The van der Waals surface area contributed by atoms with Crippen molar-refractivity contribution in [3.05, 3.63) is 0 Å². The molecule has 1 heterocycles. The SMILES string of the molecule is CCNC(=O)CNC(=O)COC(=O)CCN1C(=O)[C@@H]2CCCC[C@H]2C1=O. The molecule has 0 spiro atoms. The number of carbonyl (C=O) groups excluding carboxylic acids is 5. The number of hydrogen-bond acceptors (Lipinski definition) is 6. The maximum atomic E-state index is 12.3. The third-order valence-corrected chi connectivity index (χ3v) is 4.66. The van der Waals surface area contributed by atoms with E-state index in [2.05, 4.69) is 10.6 Å². The Hall–Kier alpha value is -2.45. The van der Waals surface area contributed by atoms with Gasteiger partial charge in [-0.2, -0.15) is 0 Å². The molecule has 0 aromatic rings. The predicted octanol–water partition coefficient (Wildman–Crippen LogP) is -0.653. The van der Waals surface area contributed by atoms with Crippen molar-refractivity contribution >= 4 is 29.6 Å². The van der Waals surface area contributed by atoms with Crippen LogP contribution in [0.2, 0.25) is 0 Å². The van der Waals surface area contributed by atoms with Crippen molar-refractivity contribution in [3.8, 4) is 0 Å². The van der Waals surface area contributed by atoms with E-state index >= 15 is 0 Å². The minimum atomic E-state index is -0.673. The summed E-state index contributed by atoms with van der Waals surface area (Å²) in [6.45, 7) is 1.49. The maximum absolute atomic E-state index is 12.3. The second-order valence-corrected chi connectivity index (χ2v) is 6.47. The molecule has 1 saturated carbocycles. The van der Waals surface area contributed by atoms with Crippen molar-refractivity contribution in [1.82, 2.24) is 15.5 Å². The number of amides is 4. The Morgan fingerprint density at radius 1 is 1.04 bits per heavy atom. The molecule has 1 saturated heterocycles. The van der Waals surface area contributed by atoms with Crippen LogP contribution < -0.4 is 10.6 Å². The van der Waals surface area contributed by atoms with E-state index in [9.17, 15) is 24.0 Å². The Morgan fingerprint density at radius 3 is 2.23 bits per heavy atom. The summed E-state index contributed by atoms with van der Waals surface area (Å²) in [5.41, 5.74) is 0. The fraction of sp³-hybridized carbons (Fsp3) is 0.706. The van der Waals surface area contributed by atoms with Crippen molar-refractivity contribution in [2.45, 2.75) is 39.0 Å². The first-order chi connectivity index (χ1) is 12.4. The quantitative estimate of drug-likeness (QED) is 0.434.